The first-order chi connectivity index (χ1) is 9.22. The predicted molar refractivity (Wildman–Crippen MR) is 83.8 cm³/mol. The lowest BCUT2D eigenvalue weighted by Crippen LogP contribution is -2.27. The van der Waals surface area contributed by atoms with Crippen molar-refractivity contribution in [1.29, 1.82) is 0 Å². The van der Waals surface area contributed by atoms with Gasteiger partial charge in [0.25, 0.3) is 0 Å². The Morgan fingerprint density at radius 2 is 1.85 bits per heavy atom. The molecule has 5 heteroatoms. The van der Waals surface area contributed by atoms with E-state index in [2.05, 4.69) is 0 Å². The Kier molecular flexibility index (Phi) is 4.26. The number of amides is 1. The SMILES string of the molecule is CCc1cccc2c1N(C(=O)O)c1ccccc1S2.Cl. The van der Waals surface area contributed by atoms with Crippen molar-refractivity contribution < 1.29 is 9.90 Å². The van der Waals surface area contributed by atoms with E-state index in [1.807, 2.05) is 49.4 Å². The van der Waals surface area contributed by atoms with Crippen molar-refractivity contribution in [3.8, 4) is 0 Å². The number of carbonyl (C=O) groups is 1. The molecule has 1 N–H and O–H groups in total. The van der Waals surface area contributed by atoms with Crippen LogP contribution in [0.4, 0.5) is 16.2 Å². The van der Waals surface area contributed by atoms with E-state index in [4.69, 9.17) is 0 Å². The number of hydrogen-bond donors (Lipinski definition) is 1. The third kappa shape index (κ3) is 2.25. The lowest BCUT2D eigenvalue weighted by Gasteiger charge is -2.30. The van der Waals surface area contributed by atoms with Gasteiger partial charge < -0.3 is 5.11 Å². The number of carboxylic acid groups (broad SMARTS) is 1. The highest BCUT2D eigenvalue weighted by atomic mass is 35.5. The van der Waals surface area contributed by atoms with Crippen LogP contribution >= 0.6 is 24.2 Å². The quantitative estimate of drug-likeness (QED) is 0.810. The van der Waals surface area contributed by atoms with Gasteiger partial charge in [0.1, 0.15) is 0 Å². The topological polar surface area (TPSA) is 40.5 Å². The summed E-state index contributed by atoms with van der Waals surface area (Å²) in [5.41, 5.74) is 2.61. The summed E-state index contributed by atoms with van der Waals surface area (Å²) < 4.78 is 0. The van der Waals surface area contributed by atoms with Gasteiger partial charge in [-0.05, 0) is 30.2 Å². The molecule has 0 radical (unpaired) electrons. The van der Waals surface area contributed by atoms with Gasteiger partial charge in [0, 0.05) is 9.79 Å². The number of nitrogens with zero attached hydrogens (tertiary/aromatic N) is 1. The van der Waals surface area contributed by atoms with Crippen LogP contribution < -0.4 is 4.90 Å². The number of benzene rings is 2. The Balaban J connectivity index is 0.00000147. The molecule has 0 aromatic heterocycles. The summed E-state index contributed by atoms with van der Waals surface area (Å²) in [5.74, 6) is 0. The summed E-state index contributed by atoms with van der Waals surface area (Å²) in [6.45, 7) is 2.04. The summed E-state index contributed by atoms with van der Waals surface area (Å²) in [6, 6.07) is 13.6. The molecule has 2 aromatic rings. The van der Waals surface area contributed by atoms with Gasteiger partial charge in [0.2, 0.25) is 0 Å². The van der Waals surface area contributed by atoms with E-state index in [0.717, 1.165) is 33.2 Å². The molecule has 1 aliphatic heterocycles. The molecule has 104 valence electrons. The Hall–Kier alpha value is -1.65. The van der Waals surface area contributed by atoms with Crippen molar-refractivity contribution in [2.45, 2.75) is 23.1 Å². The number of fused-ring (bicyclic) bond motifs is 2. The highest BCUT2D eigenvalue weighted by Gasteiger charge is 2.29. The van der Waals surface area contributed by atoms with Crippen LogP contribution in [0.5, 0.6) is 0 Å². The van der Waals surface area contributed by atoms with E-state index < -0.39 is 6.09 Å². The molecule has 3 nitrogen and oxygen atoms in total. The van der Waals surface area contributed by atoms with Crippen LogP contribution in [0.2, 0.25) is 0 Å². The van der Waals surface area contributed by atoms with Crippen LogP contribution in [-0.2, 0) is 6.42 Å². The third-order valence-electron chi connectivity index (χ3n) is 3.20. The zero-order chi connectivity index (χ0) is 13.4. The molecule has 3 rings (SSSR count). The molecule has 0 aliphatic carbocycles. The van der Waals surface area contributed by atoms with Crippen LogP contribution in [0.25, 0.3) is 0 Å². The molecule has 0 spiro atoms. The minimum absolute atomic E-state index is 0. The maximum atomic E-state index is 11.7. The second kappa shape index (κ2) is 5.77. The summed E-state index contributed by atoms with van der Waals surface area (Å²) in [4.78, 5) is 15.0. The molecule has 20 heavy (non-hydrogen) atoms. The Bertz CT molecular complexity index is 660. The average Bonchev–Trinajstić information content (AvgIpc) is 2.43. The minimum atomic E-state index is -0.935. The summed E-state index contributed by atoms with van der Waals surface area (Å²) in [6.07, 6.45) is -0.120. The van der Waals surface area contributed by atoms with Gasteiger partial charge in [0.05, 0.1) is 11.4 Å². The van der Waals surface area contributed by atoms with Crippen molar-refractivity contribution >= 4 is 41.6 Å². The molecule has 0 saturated heterocycles. The average molecular weight is 308 g/mol. The molecule has 0 unspecified atom stereocenters. The summed E-state index contributed by atoms with van der Waals surface area (Å²) in [7, 11) is 0. The highest BCUT2D eigenvalue weighted by molar-refractivity contribution is 7.99. The van der Waals surface area contributed by atoms with E-state index in [1.165, 1.54) is 4.90 Å². The number of rotatable bonds is 1. The zero-order valence-electron chi connectivity index (χ0n) is 10.9. The fraction of sp³-hybridized carbons (Fsp3) is 0.133. The molecule has 1 amide bonds. The summed E-state index contributed by atoms with van der Waals surface area (Å²) in [5, 5.41) is 9.57. The van der Waals surface area contributed by atoms with E-state index in [-0.39, 0.29) is 12.4 Å². The third-order valence-corrected chi connectivity index (χ3v) is 4.32. The Morgan fingerprint density at radius 1 is 1.15 bits per heavy atom. The number of aryl methyl sites for hydroxylation is 1. The second-order valence-corrected chi connectivity index (χ2v) is 5.39. The monoisotopic (exact) mass is 307 g/mol. The second-order valence-electron chi connectivity index (χ2n) is 4.31. The van der Waals surface area contributed by atoms with E-state index >= 15 is 0 Å². The number of anilines is 2. The van der Waals surface area contributed by atoms with Crippen LogP contribution in [-0.4, -0.2) is 11.2 Å². The van der Waals surface area contributed by atoms with Crippen LogP contribution in [0, 0.1) is 0 Å². The molecule has 0 bridgehead atoms. The van der Waals surface area contributed by atoms with E-state index in [1.54, 1.807) is 11.8 Å². The molecule has 0 fully saturated rings. The molecule has 1 aliphatic rings. The lowest BCUT2D eigenvalue weighted by molar-refractivity contribution is 0.204. The lowest BCUT2D eigenvalue weighted by atomic mass is 10.1. The van der Waals surface area contributed by atoms with E-state index in [0.29, 0.717) is 0 Å². The standard InChI is InChI=1S/C15H13NO2S.ClH/c1-2-10-6-5-9-13-14(10)16(15(17)18)11-7-3-4-8-12(11)19-13;/h3-9H,2H2,1H3,(H,17,18);1H. The van der Waals surface area contributed by atoms with Crippen molar-refractivity contribution in [1.82, 2.24) is 0 Å². The summed E-state index contributed by atoms with van der Waals surface area (Å²) >= 11 is 1.63. The van der Waals surface area contributed by atoms with Gasteiger partial charge in [-0.25, -0.2) is 9.69 Å². The molecule has 0 saturated carbocycles. The maximum absolute atomic E-state index is 11.7. The van der Waals surface area contributed by atoms with Gasteiger partial charge in [-0.3, -0.25) is 0 Å². The minimum Gasteiger partial charge on any atom is -0.464 e. The van der Waals surface area contributed by atoms with Crippen LogP contribution in [0.1, 0.15) is 12.5 Å². The van der Waals surface area contributed by atoms with Gasteiger partial charge in [-0.15, -0.1) is 12.4 Å². The molecular weight excluding hydrogens is 294 g/mol. The smallest absolute Gasteiger partial charge is 0.416 e. The van der Waals surface area contributed by atoms with Crippen molar-refractivity contribution in [2.75, 3.05) is 4.90 Å². The number of hydrogen-bond acceptors (Lipinski definition) is 2. The zero-order valence-corrected chi connectivity index (χ0v) is 12.5. The molecule has 2 aromatic carbocycles. The van der Waals surface area contributed by atoms with Crippen LogP contribution in [0.15, 0.2) is 52.3 Å². The number of halogens is 1. The largest absolute Gasteiger partial charge is 0.464 e. The number of para-hydroxylation sites is 2. The van der Waals surface area contributed by atoms with Gasteiger partial charge >= 0.3 is 6.09 Å². The maximum Gasteiger partial charge on any atom is 0.416 e. The normalized spacial score (nSPS) is 12.2. The first-order valence-corrected chi connectivity index (χ1v) is 6.96. The Morgan fingerprint density at radius 3 is 2.55 bits per heavy atom. The molecule has 1 heterocycles. The first-order valence-electron chi connectivity index (χ1n) is 6.14. The van der Waals surface area contributed by atoms with Crippen molar-refractivity contribution in [2.24, 2.45) is 0 Å². The van der Waals surface area contributed by atoms with Gasteiger partial charge in [-0.1, -0.05) is 43.0 Å². The predicted octanol–water partition coefficient (Wildman–Crippen LogP) is 4.95. The van der Waals surface area contributed by atoms with Gasteiger partial charge in [0.15, 0.2) is 0 Å². The molecule has 0 atom stereocenters. The van der Waals surface area contributed by atoms with Crippen molar-refractivity contribution in [3.05, 3.63) is 48.0 Å². The molecular formula is C15H14ClNO2S. The van der Waals surface area contributed by atoms with Gasteiger partial charge in [-0.2, -0.15) is 0 Å². The van der Waals surface area contributed by atoms with E-state index in [9.17, 15) is 9.90 Å². The van der Waals surface area contributed by atoms with Crippen LogP contribution in [0.3, 0.4) is 0 Å². The highest BCUT2D eigenvalue weighted by Crippen LogP contribution is 2.49. The Labute approximate surface area is 128 Å². The fourth-order valence-electron chi connectivity index (χ4n) is 2.36. The first kappa shape index (κ1) is 14.8. The fourth-order valence-corrected chi connectivity index (χ4v) is 3.47. The van der Waals surface area contributed by atoms with Crippen molar-refractivity contribution in [3.63, 3.8) is 0 Å².